The van der Waals surface area contributed by atoms with Crippen LogP contribution >= 0.6 is 0 Å². The van der Waals surface area contributed by atoms with E-state index in [9.17, 15) is 4.79 Å². The molecule has 0 amide bonds. The molecule has 5 nitrogen and oxygen atoms in total. The Morgan fingerprint density at radius 2 is 2.05 bits per heavy atom. The Hall–Kier alpha value is -2.40. The fourth-order valence-electron chi connectivity index (χ4n) is 1.90. The van der Waals surface area contributed by atoms with Crippen molar-refractivity contribution >= 4 is 11.5 Å². The molecule has 0 aliphatic rings. The molecule has 0 spiro atoms. The second-order valence-electron chi connectivity index (χ2n) is 4.26. The van der Waals surface area contributed by atoms with Gasteiger partial charge < -0.3 is 10.6 Å². The van der Waals surface area contributed by atoms with Crippen molar-refractivity contribution < 1.29 is 0 Å². The summed E-state index contributed by atoms with van der Waals surface area (Å²) in [4.78, 5) is 17.0. The predicted octanol–water partition coefficient (Wildman–Crippen LogP) is 1.57. The maximum Gasteiger partial charge on any atom is 0.264 e. The molecule has 0 saturated carbocycles. The van der Waals surface area contributed by atoms with E-state index in [0.29, 0.717) is 36.7 Å². The Morgan fingerprint density at radius 3 is 2.80 bits per heavy atom. The summed E-state index contributed by atoms with van der Waals surface area (Å²) >= 11 is 0. The van der Waals surface area contributed by atoms with Crippen LogP contribution in [-0.4, -0.2) is 22.5 Å². The lowest BCUT2D eigenvalue weighted by Crippen LogP contribution is -2.27. The van der Waals surface area contributed by atoms with Crippen LogP contribution in [0.4, 0.5) is 5.82 Å². The van der Waals surface area contributed by atoms with Crippen molar-refractivity contribution in [1.82, 2.24) is 14.7 Å². The van der Waals surface area contributed by atoms with Gasteiger partial charge >= 0.3 is 0 Å². The molecule has 104 valence electrons. The van der Waals surface area contributed by atoms with E-state index in [1.54, 1.807) is 28.8 Å². The summed E-state index contributed by atoms with van der Waals surface area (Å²) in [5.41, 5.74) is 1.16. The highest BCUT2D eigenvalue weighted by Crippen LogP contribution is 2.10. The fourth-order valence-corrected chi connectivity index (χ4v) is 1.90. The molecule has 0 bridgehead atoms. The van der Waals surface area contributed by atoms with Crippen molar-refractivity contribution in [2.45, 2.75) is 6.54 Å². The van der Waals surface area contributed by atoms with Crippen LogP contribution in [0.25, 0.3) is 5.65 Å². The predicted molar refractivity (Wildman–Crippen MR) is 82.1 cm³/mol. The van der Waals surface area contributed by atoms with Crippen LogP contribution in [0.15, 0.2) is 54.5 Å². The third kappa shape index (κ3) is 2.95. The van der Waals surface area contributed by atoms with Crippen molar-refractivity contribution in [3.63, 3.8) is 0 Å². The van der Waals surface area contributed by atoms with Gasteiger partial charge in [0.05, 0.1) is 5.56 Å². The highest BCUT2D eigenvalue weighted by molar-refractivity contribution is 5.52. The van der Waals surface area contributed by atoms with Gasteiger partial charge in [-0.1, -0.05) is 18.2 Å². The highest BCUT2D eigenvalue weighted by atomic mass is 16.1. The Labute approximate surface area is 117 Å². The molecule has 2 N–H and O–H groups in total. The number of nitrogens with zero attached hydrogens (tertiary/aromatic N) is 2. The molecular formula is C15H18N4O. The van der Waals surface area contributed by atoms with Gasteiger partial charge in [0, 0.05) is 25.8 Å². The molecule has 0 unspecified atom stereocenters. The largest absolute Gasteiger partial charge is 0.366 e. The van der Waals surface area contributed by atoms with Crippen LogP contribution in [0.2, 0.25) is 0 Å². The second-order valence-corrected chi connectivity index (χ2v) is 4.26. The molecule has 2 aromatic heterocycles. The van der Waals surface area contributed by atoms with E-state index in [1.807, 2.05) is 12.1 Å². The number of pyridine rings is 1. The summed E-state index contributed by atoms with van der Waals surface area (Å²) in [6.45, 7) is 8.94. The molecule has 20 heavy (non-hydrogen) atoms. The lowest BCUT2D eigenvalue weighted by Gasteiger charge is -2.11. The summed E-state index contributed by atoms with van der Waals surface area (Å²) in [6, 6.07) is 5.48. The smallest absolute Gasteiger partial charge is 0.264 e. The van der Waals surface area contributed by atoms with E-state index in [2.05, 4.69) is 28.8 Å². The van der Waals surface area contributed by atoms with E-state index < -0.39 is 0 Å². The molecule has 0 radical (unpaired) electrons. The third-order valence-corrected chi connectivity index (χ3v) is 2.83. The minimum Gasteiger partial charge on any atom is -0.366 e. The van der Waals surface area contributed by atoms with Crippen LogP contribution in [0.5, 0.6) is 0 Å². The first kappa shape index (κ1) is 14.0. The Morgan fingerprint density at radius 1 is 1.25 bits per heavy atom. The van der Waals surface area contributed by atoms with Gasteiger partial charge in [-0.3, -0.25) is 9.20 Å². The van der Waals surface area contributed by atoms with Crippen molar-refractivity contribution in [1.29, 1.82) is 0 Å². The molecule has 2 aromatic rings. The van der Waals surface area contributed by atoms with E-state index in [-0.39, 0.29) is 5.56 Å². The summed E-state index contributed by atoms with van der Waals surface area (Å²) in [5.74, 6) is 0.595. The van der Waals surface area contributed by atoms with Crippen molar-refractivity contribution in [2.75, 3.05) is 18.4 Å². The van der Waals surface area contributed by atoms with Crippen LogP contribution in [0, 0.1) is 0 Å². The molecule has 0 atom stereocenters. The molecule has 0 aliphatic heterocycles. The number of aromatic nitrogens is 2. The lowest BCUT2D eigenvalue weighted by molar-refractivity contribution is 0.745. The maximum absolute atomic E-state index is 12.5. The van der Waals surface area contributed by atoms with Gasteiger partial charge in [-0.25, -0.2) is 4.98 Å². The first-order valence-electron chi connectivity index (χ1n) is 6.44. The lowest BCUT2D eigenvalue weighted by atomic mass is 10.2. The number of rotatable bonds is 7. The van der Waals surface area contributed by atoms with E-state index >= 15 is 0 Å². The monoisotopic (exact) mass is 270 g/mol. The Bertz CT molecular complexity index is 675. The van der Waals surface area contributed by atoms with Crippen LogP contribution in [0.3, 0.4) is 0 Å². The second kappa shape index (κ2) is 6.68. The minimum atomic E-state index is -0.0706. The third-order valence-electron chi connectivity index (χ3n) is 2.83. The Balaban J connectivity index is 2.48. The van der Waals surface area contributed by atoms with Gasteiger partial charge in [-0.15, -0.1) is 13.2 Å². The first-order chi connectivity index (χ1) is 9.77. The number of nitrogens with one attached hydrogen (secondary N) is 2. The molecule has 2 rings (SSSR count). The molecule has 0 aromatic carbocycles. The summed E-state index contributed by atoms with van der Waals surface area (Å²) in [7, 11) is 0. The molecule has 2 heterocycles. The van der Waals surface area contributed by atoms with Gasteiger partial charge in [-0.05, 0) is 12.1 Å². The zero-order valence-corrected chi connectivity index (χ0v) is 11.3. The van der Waals surface area contributed by atoms with E-state index in [4.69, 9.17) is 0 Å². The SMILES string of the molecule is C=CCNCc1c(NCC=C)nc2ccccn2c1=O. The van der Waals surface area contributed by atoms with Crippen LogP contribution in [-0.2, 0) is 6.54 Å². The topological polar surface area (TPSA) is 58.4 Å². The van der Waals surface area contributed by atoms with Crippen molar-refractivity contribution in [2.24, 2.45) is 0 Å². The molecule has 5 heteroatoms. The van der Waals surface area contributed by atoms with Gasteiger partial charge in [0.25, 0.3) is 5.56 Å². The molecule has 0 fully saturated rings. The van der Waals surface area contributed by atoms with Gasteiger partial charge in [-0.2, -0.15) is 0 Å². The Kier molecular flexibility index (Phi) is 4.68. The van der Waals surface area contributed by atoms with Crippen LogP contribution in [0.1, 0.15) is 5.56 Å². The molecule has 0 saturated heterocycles. The average Bonchev–Trinajstić information content (AvgIpc) is 2.48. The van der Waals surface area contributed by atoms with Crippen molar-refractivity contribution in [3.8, 4) is 0 Å². The summed E-state index contributed by atoms with van der Waals surface area (Å²) in [5, 5.41) is 6.25. The number of fused-ring (bicyclic) bond motifs is 1. The zero-order chi connectivity index (χ0) is 14.4. The van der Waals surface area contributed by atoms with Gasteiger partial charge in [0.2, 0.25) is 0 Å². The fraction of sp³-hybridized carbons (Fsp3) is 0.200. The first-order valence-corrected chi connectivity index (χ1v) is 6.44. The van der Waals surface area contributed by atoms with Gasteiger partial charge in [0.1, 0.15) is 11.5 Å². The zero-order valence-electron chi connectivity index (χ0n) is 11.3. The van der Waals surface area contributed by atoms with Crippen LogP contribution < -0.4 is 16.2 Å². The average molecular weight is 270 g/mol. The quantitative estimate of drug-likeness (QED) is 0.592. The number of hydrogen-bond donors (Lipinski definition) is 2. The van der Waals surface area contributed by atoms with E-state index in [0.717, 1.165) is 0 Å². The minimum absolute atomic E-state index is 0.0706. The summed E-state index contributed by atoms with van der Waals surface area (Å²) in [6.07, 6.45) is 5.21. The van der Waals surface area contributed by atoms with Crippen molar-refractivity contribution in [3.05, 3.63) is 65.6 Å². The number of anilines is 1. The molecular weight excluding hydrogens is 252 g/mol. The van der Waals surface area contributed by atoms with Gasteiger partial charge in [0.15, 0.2) is 0 Å². The standard InChI is InChI=1S/C15H18N4O/c1-3-8-16-11-12-14(17-9-4-2)18-13-7-5-6-10-19(13)15(12)20/h3-7,10,16-17H,1-2,8-9,11H2. The highest BCUT2D eigenvalue weighted by Gasteiger charge is 2.11. The summed E-state index contributed by atoms with van der Waals surface area (Å²) < 4.78 is 1.55. The normalized spacial score (nSPS) is 10.4. The maximum atomic E-state index is 12.5. The van der Waals surface area contributed by atoms with E-state index in [1.165, 1.54) is 0 Å². The number of hydrogen-bond acceptors (Lipinski definition) is 4. The molecule has 0 aliphatic carbocycles.